The summed E-state index contributed by atoms with van der Waals surface area (Å²) >= 11 is 0. The lowest BCUT2D eigenvalue weighted by atomic mass is 9.82. The van der Waals surface area contributed by atoms with Gasteiger partial charge in [-0.25, -0.2) is 0 Å². The Morgan fingerprint density at radius 2 is 2.20 bits per heavy atom. The minimum absolute atomic E-state index is 0.0437. The largest absolute Gasteiger partial charge is 0.468 e. The summed E-state index contributed by atoms with van der Waals surface area (Å²) in [6.45, 7) is 0.752. The number of allylic oxidation sites excluding steroid dienone is 2. The highest BCUT2D eigenvalue weighted by molar-refractivity contribution is 5.94. The van der Waals surface area contributed by atoms with Crippen LogP contribution >= 0.6 is 0 Å². The van der Waals surface area contributed by atoms with Crippen LogP contribution in [0.4, 0.5) is 0 Å². The minimum Gasteiger partial charge on any atom is -0.468 e. The Morgan fingerprint density at radius 3 is 2.93 bits per heavy atom. The lowest BCUT2D eigenvalue weighted by molar-refractivity contribution is -0.144. The van der Waals surface area contributed by atoms with E-state index in [1.54, 1.807) is 0 Å². The number of Topliss-reactive ketones (excluding diaryl/α,β-unsaturated/α-hetero) is 1. The van der Waals surface area contributed by atoms with Crippen molar-refractivity contribution in [1.82, 2.24) is 5.32 Å². The van der Waals surface area contributed by atoms with E-state index < -0.39 is 0 Å². The zero-order valence-electron chi connectivity index (χ0n) is 8.47. The van der Waals surface area contributed by atoms with Gasteiger partial charge >= 0.3 is 5.97 Å². The number of methoxy groups -OCH3 is 1. The standard InChI is InChI=1S/C11H13NO3/c1-15-11(14)9-8-6-3-2-5(10(6)13)7(8)4-12-9/h2-3,5-9,12H,4H2,1H3/t5-,6+,7+,8-,9-/m0/s1. The number of hydrogen-bond donors (Lipinski definition) is 1. The molecule has 1 N–H and O–H groups in total. The summed E-state index contributed by atoms with van der Waals surface area (Å²) in [6, 6.07) is -0.288. The monoisotopic (exact) mass is 207 g/mol. The fourth-order valence-electron chi connectivity index (χ4n) is 3.31. The van der Waals surface area contributed by atoms with Gasteiger partial charge in [0.1, 0.15) is 11.8 Å². The van der Waals surface area contributed by atoms with Crippen molar-refractivity contribution in [3.8, 4) is 0 Å². The fraction of sp³-hybridized carbons (Fsp3) is 0.636. The average Bonchev–Trinajstić information content (AvgIpc) is 2.88. The van der Waals surface area contributed by atoms with Gasteiger partial charge in [-0.15, -0.1) is 0 Å². The number of rotatable bonds is 1. The number of nitrogens with one attached hydrogen (secondary N) is 1. The molecule has 0 aromatic rings. The highest BCUT2D eigenvalue weighted by Crippen LogP contribution is 2.49. The van der Waals surface area contributed by atoms with Crippen LogP contribution in [0.1, 0.15) is 0 Å². The zero-order chi connectivity index (χ0) is 10.6. The molecule has 4 heteroatoms. The summed E-state index contributed by atoms with van der Waals surface area (Å²) in [5.74, 6) is 0.467. The summed E-state index contributed by atoms with van der Waals surface area (Å²) in [4.78, 5) is 23.3. The van der Waals surface area contributed by atoms with E-state index in [1.165, 1.54) is 7.11 Å². The van der Waals surface area contributed by atoms with E-state index in [0.717, 1.165) is 6.54 Å². The Labute approximate surface area is 87.7 Å². The summed E-state index contributed by atoms with van der Waals surface area (Å²) in [7, 11) is 1.39. The van der Waals surface area contributed by atoms with Gasteiger partial charge in [0.15, 0.2) is 0 Å². The number of fused-ring (bicyclic) bond motifs is 5. The van der Waals surface area contributed by atoms with E-state index in [2.05, 4.69) is 5.32 Å². The molecule has 1 aliphatic heterocycles. The van der Waals surface area contributed by atoms with Gasteiger partial charge in [0.25, 0.3) is 0 Å². The first kappa shape index (κ1) is 9.09. The molecule has 1 heterocycles. The van der Waals surface area contributed by atoms with Crippen molar-refractivity contribution in [3.63, 3.8) is 0 Å². The van der Waals surface area contributed by atoms with E-state index in [9.17, 15) is 9.59 Å². The van der Waals surface area contributed by atoms with Crippen molar-refractivity contribution in [2.24, 2.45) is 23.7 Å². The van der Waals surface area contributed by atoms with Crippen LogP contribution in [0.25, 0.3) is 0 Å². The lowest BCUT2D eigenvalue weighted by Gasteiger charge is -2.21. The van der Waals surface area contributed by atoms with Crippen LogP contribution in [0.15, 0.2) is 12.2 Å². The topological polar surface area (TPSA) is 55.4 Å². The van der Waals surface area contributed by atoms with E-state index >= 15 is 0 Å². The molecule has 4 nitrogen and oxygen atoms in total. The summed E-state index contributed by atoms with van der Waals surface area (Å²) < 4.78 is 4.75. The van der Waals surface area contributed by atoms with Crippen LogP contribution in [0, 0.1) is 23.7 Å². The molecular formula is C11H13NO3. The van der Waals surface area contributed by atoms with Crippen molar-refractivity contribution < 1.29 is 14.3 Å². The molecule has 2 bridgehead atoms. The molecule has 2 fully saturated rings. The number of hydrogen-bond acceptors (Lipinski definition) is 4. The van der Waals surface area contributed by atoms with Crippen LogP contribution in [0.2, 0.25) is 0 Å². The van der Waals surface area contributed by atoms with Crippen LogP contribution in [0.3, 0.4) is 0 Å². The van der Waals surface area contributed by atoms with Gasteiger partial charge < -0.3 is 10.1 Å². The molecule has 1 saturated heterocycles. The summed E-state index contributed by atoms with van der Waals surface area (Å²) in [5.41, 5.74) is 0. The number of carbonyl (C=O) groups excluding carboxylic acids is 2. The third-order valence-corrected chi connectivity index (χ3v) is 3.97. The summed E-state index contributed by atoms with van der Waals surface area (Å²) in [5, 5.41) is 3.16. The Balaban J connectivity index is 1.91. The van der Waals surface area contributed by atoms with Gasteiger partial charge in [0.2, 0.25) is 0 Å². The van der Waals surface area contributed by atoms with Gasteiger partial charge in [-0.1, -0.05) is 12.2 Å². The Bertz CT molecular complexity index is 363. The first-order chi connectivity index (χ1) is 7.24. The third-order valence-electron chi connectivity index (χ3n) is 3.97. The Morgan fingerprint density at radius 1 is 1.47 bits per heavy atom. The maximum absolute atomic E-state index is 11.8. The molecule has 0 aromatic heterocycles. The SMILES string of the molecule is COC(=O)[C@H]1NC[C@H]2[C@@H]1[C@H]1C=C[C@@H]2C1=O. The number of esters is 1. The molecule has 15 heavy (non-hydrogen) atoms. The number of ether oxygens (including phenoxy) is 1. The van der Waals surface area contributed by atoms with Crippen molar-refractivity contribution in [1.29, 1.82) is 0 Å². The summed E-state index contributed by atoms with van der Waals surface area (Å²) in [6.07, 6.45) is 3.95. The molecule has 0 unspecified atom stereocenters. The highest BCUT2D eigenvalue weighted by Gasteiger charge is 2.58. The van der Waals surface area contributed by atoms with Gasteiger partial charge in [-0.2, -0.15) is 0 Å². The fourth-order valence-corrected chi connectivity index (χ4v) is 3.31. The first-order valence-electron chi connectivity index (χ1n) is 5.27. The normalized spacial score (nSPS) is 45.9. The average molecular weight is 207 g/mol. The maximum atomic E-state index is 11.8. The highest BCUT2D eigenvalue weighted by atomic mass is 16.5. The predicted molar refractivity (Wildman–Crippen MR) is 51.9 cm³/mol. The van der Waals surface area contributed by atoms with E-state index in [0.29, 0.717) is 11.7 Å². The number of ketones is 1. The lowest BCUT2D eigenvalue weighted by Crippen LogP contribution is -2.39. The van der Waals surface area contributed by atoms with Crippen molar-refractivity contribution in [2.75, 3.05) is 13.7 Å². The second kappa shape index (κ2) is 2.92. The Hall–Kier alpha value is -1.16. The smallest absolute Gasteiger partial charge is 0.323 e. The second-order valence-corrected chi connectivity index (χ2v) is 4.49. The predicted octanol–water partition coefficient (Wildman–Crippen LogP) is -0.252. The molecule has 5 atom stereocenters. The first-order valence-corrected chi connectivity index (χ1v) is 5.27. The zero-order valence-corrected chi connectivity index (χ0v) is 8.47. The van der Waals surface area contributed by atoms with E-state index in [1.807, 2.05) is 12.2 Å². The van der Waals surface area contributed by atoms with E-state index in [4.69, 9.17) is 4.74 Å². The molecule has 0 spiro atoms. The molecular weight excluding hydrogens is 194 g/mol. The minimum atomic E-state index is -0.288. The van der Waals surface area contributed by atoms with Gasteiger partial charge in [0.05, 0.1) is 7.11 Å². The quantitative estimate of drug-likeness (QED) is 0.476. The second-order valence-electron chi connectivity index (χ2n) is 4.49. The van der Waals surface area contributed by atoms with Gasteiger partial charge in [-0.05, 0) is 5.92 Å². The van der Waals surface area contributed by atoms with Crippen molar-refractivity contribution >= 4 is 11.8 Å². The van der Waals surface area contributed by atoms with Gasteiger partial charge in [-0.3, -0.25) is 9.59 Å². The third kappa shape index (κ3) is 1.00. The van der Waals surface area contributed by atoms with Gasteiger partial charge in [0, 0.05) is 24.3 Å². The molecule has 80 valence electrons. The molecule has 1 saturated carbocycles. The Kier molecular flexibility index (Phi) is 1.77. The molecule has 0 radical (unpaired) electrons. The maximum Gasteiger partial charge on any atom is 0.323 e. The molecule has 2 aliphatic carbocycles. The van der Waals surface area contributed by atoms with Crippen molar-refractivity contribution in [3.05, 3.63) is 12.2 Å². The van der Waals surface area contributed by atoms with Crippen LogP contribution in [-0.2, 0) is 14.3 Å². The van der Waals surface area contributed by atoms with Crippen LogP contribution in [-0.4, -0.2) is 31.4 Å². The molecule has 0 amide bonds. The molecule has 3 rings (SSSR count). The van der Waals surface area contributed by atoms with Crippen molar-refractivity contribution in [2.45, 2.75) is 6.04 Å². The molecule has 3 aliphatic rings. The number of carbonyl (C=O) groups is 2. The van der Waals surface area contributed by atoms with Crippen LogP contribution < -0.4 is 5.32 Å². The molecule has 0 aromatic carbocycles. The van der Waals surface area contributed by atoms with E-state index in [-0.39, 0.29) is 29.8 Å². The van der Waals surface area contributed by atoms with Crippen LogP contribution in [0.5, 0.6) is 0 Å².